The maximum absolute atomic E-state index is 12.0. The van der Waals surface area contributed by atoms with Crippen LogP contribution in [0.1, 0.15) is 23.2 Å². The molecule has 0 radical (unpaired) electrons. The Morgan fingerprint density at radius 1 is 1.47 bits per heavy atom. The molecule has 5 N–H and O–H groups in total. The molecule has 8 nitrogen and oxygen atoms in total. The lowest BCUT2D eigenvalue weighted by Gasteiger charge is -2.22. The summed E-state index contributed by atoms with van der Waals surface area (Å²) in [6.45, 7) is 0. The van der Waals surface area contributed by atoms with E-state index in [9.17, 15) is 14.4 Å². The van der Waals surface area contributed by atoms with Crippen LogP contribution in [0.15, 0.2) is 18.5 Å². The van der Waals surface area contributed by atoms with Gasteiger partial charge in [-0.1, -0.05) is 0 Å². The zero-order valence-electron chi connectivity index (χ0n) is 9.97. The second-order valence-electron chi connectivity index (χ2n) is 4.04. The Hall–Kier alpha value is -2.48. The molecule has 8 heteroatoms. The van der Waals surface area contributed by atoms with Gasteiger partial charge in [0.2, 0.25) is 11.8 Å². The number of hydrogen-bond acceptors (Lipinski definition) is 6. The van der Waals surface area contributed by atoms with Crippen LogP contribution in [0, 0.1) is 0 Å². The van der Waals surface area contributed by atoms with E-state index < -0.39 is 17.9 Å². The van der Waals surface area contributed by atoms with Gasteiger partial charge in [-0.05, 0) is 12.5 Å². The quantitative estimate of drug-likeness (QED) is 0.311. The molecule has 100 valence electrons. The number of hydrogen-bond donors (Lipinski definition) is 4. The predicted molar refractivity (Wildman–Crippen MR) is 65.7 cm³/mol. The van der Waals surface area contributed by atoms with Gasteiger partial charge in [-0.25, -0.2) is 0 Å². The third-order valence-electron chi connectivity index (χ3n) is 2.77. The highest BCUT2D eigenvalue weighted by Gasteiger charge is 2.28. The number of carbonyl (C=O) groups is 3. The fourth-order valence-corrected chi connectivity index (χ4v) is 1.77. The fraction of sp³-hybridized carbons (Fsp3) is 0.273. The second kappa shape index (κ2) is 5.44. The third-order valence-corrected chi connectivity index (χ3v) is 2.77. The molecule has 0 saturated carbocycles. The van der Waals surface area contributed by atoms with Crippen molar-refractivity contribution < 1.29 is 14.4 Å². The zero-order valence-corrected chi connectivity index (χ0v) is 9.97. The van der Waals surface area contributed by atoms with Gasteiger partial charge in [0, 0.05) is 12.6 Å². The molecular formula is C11H13N5O3. The standard InChI is InChI=1S/C11H13N5O3/c12-16-8-5-13-4-3-6(8)10(18)14-7-1-2-9(17)15-11(7)19/h3-5,7,16H,1-2,12H2,(H,14,18)(H,15,17,19). The smallest absolute Gasteiger partial charge is 0.254 e. The molecule has 3 amide bonds. The maximum atomic E-state index is 12.0. The number of amides is 3. The average molecular weight is 263 g/mol. The molecule has 2 heterocycles. The summed E-state index contributed by atoms with van der Waals surface area (Å²) in [4.78, 5) is 38.4. The van der Waals surface area contributed by atoms with E-state index in [4.69, 9.17) is 5.84 Å². The normalized spacial score (nSPS) is 18.7. The van der Waals surface area contributed by atoms with Crippen molar-refractivity contribution in [3.8, 4) is 0 Å². The van der Waals surface area contributed by atoms with Crippen molar-refractivity contribution in [2.45, 2.75) is 18.9 Å². The Bertz CT molecular complexity index is 531. The molecule has 1 atom stereocenters. The number of nitrogens with two attached hydrogens (primary N) is 1. The number of rotatable bonds is 3. The summed E-state index contributed by atoms with van der Waals surface area (Å²) in [5.41, 5.74) is 2.99. The highest BCUT2D eigenvalue weighted by Crippen LogP contribution is 2.13. The summed E-state index contributed by atoms with van der Waals surface area (Å²) in [5.74, 6) is 3.99. The van der Waals surface area contributed by atoms with Crippen molar-refractivity contribution in [3.63, 3.8) is 0 Å². The minimum atomic E-state index is -0.719. The molecule has 1 fully saturated rings. The number of nitrogens with zero attached hydrogens (tertiary/aromatic N) is 1. The Morgan fingerprint density at radius 3 is 2.95 bits per heavy atom. The molecule has 1 saturated heterocycles. The third kappa shape index (κ3) is 2.86. The number of hydrazine groups is 1. The number of piperidine rings is 1. The van der Waals surface area contributed by atoms with Gasteiger partial charge in [-0.2, -0.15) is 0 Å². The SMILES string of the molecule is NNc1cnccc1C(=O)NC1CCC(=O)NC1=O. The lowest BCUT2D eigenvalue weighted by molar-refractivity contribution is -0.134. The van der Waals surface area contributed by atoms with Gasteiger partial charge in [0.15, 0.2) is 0 Å². The zero-order chi connectivity index (χ0) is 13.8. The Labute approximate surface area is 108 Å². The van der Waals surface area contributed by atoms with E-state index in [-0.39, 0.29) is 24.3 Å². The van der Waals surface area contributed by atoms with Crippen molar-refractivity contribution >= 4 is 23.4 Å². The van der Waals surface area contributed by atoms with Gasteiger partial charge in [-0.3, -0.25) is 30.5 Å². The van der Waals surface area contributed by atoms with Crippen LogP contribution in [0.3, 0.4) is 0 Å². The van der Waals surface area contributed by atoms with Gasteiger partial charge >= 0.3 is 0 Å². The average Bonchev–Trinajstić information content (AvgIpc) is 2.41. The van der Waals surface area contributed by atoms with E-state index in [1.54, 1.807) is 0 Å². The largest absolute Gasteiger partial charge is 0.340 e. The summed E-state index contributed by atoms with van der Waals surface area (Å²) in [7, 11) is 0. The highest BCUT2D eigenvalue weighted by molar-refractivity contribution is 6.05. The van der Waals surface area contributed by atoms with Crippen LogP contribution < -0.4 is 21.9 Å². The lowest BCUT2D eigenvalue weighted by Crippen LogP contribution is -2.52. The summed E-state index contributed by atoms with van der Waals surface area (Å²) in [6.07, 6.45) is 3.33. The Morgan fingerprint density at radius 2 is 2.26 bits per heavy atom. The van der Waals surface area contributed by atoms with Gasteiger partial charge < -0.3 is 10.7 Å². The number of pyridine rings is 1. The molecular weight excluding hydrogens is 250 g/mol. The van der Waals surface area contributed by atoms with E-state index in [0.29, 0.717) is 5.69 Å². The number of carbonyl (C=O) groups excluding carboxylic acids is 3. The number of nitrogens with one attached hydrogen (secondary N) is 3. The monoisotopic (exact) mass is 263 g/mol. The van der Waals surface area contributed by atoms with E-state index in [2.05, 4.69) is 21.0 Å². The second-order valence-corrected chi connectivity index (χ2v) is 4.04. The summed E-state index contributed by atoms with van der Waals surface area (Å²) in [6, 6.07) is 0.764. The van der Waals surface area contributed by atoms with Gasteiger partial charge in [-0.15, -0.1) is 0 Å². The number of anilines is 1. The van der Waals surface area contributed by atoms with Crippen LogP contribution in [0.2, 0.25) is 0 Å². The molecule has 1 unspecified atom stereocenters. The topological polar surface area (TPSA) is 126 Å². The molecule has 1 aromatic rings. The molecule has 1 aromatic heterocycles. The molecule has 19 heavy (non-hydrogen) atoms. The van der Waals surface area contributed by atoms with E-state index in [1.807, 2.05) is 0 Å². The van der Waals surface area contributed by atoms with E-state index in [0.717, 1.165) is 0 Å². The molecule has 0 aromatic carbocycles. The van der Waals surface area contributed by atoms with Crippen LogP contribution in [0.5, 0.6) is 0 Å². The van der Waals surface area contributed by atoms with Crippen LogP contribution in [-0.4, -0.2) is 28.7 Å². The van der Waals surface area contributed by atoms with Crippen LogP contribution in [0.25, 0.3) is 0 Å². The molecule has 0 aliphatic carbocycles. The maximum Gasteiger partial charge on any atom is 0.254 e. The first kappa shape index (κ1) is 13.0. The first-order chi connectivity index (χ1) is 9.11. The summed E-state index contributed by atoms with van der Waals surface area (Å²) in [5, 5.41) is 4.72. The van der Waals surface area contributed by atoms with E-state index >= 15 is 0 Å². The van der Waals surface area contributed by atoms with E-state index in [1.165, 1.54) is 18.5 Å². The first-order valence-corrected chi connectivity index (χ1v) is 5.67. The summed E-state index contributed by atoms with van der Waals surface area (Å²) < 4.78 is 0. The molecule has 0 spiro atoms. The lowest BCUT2D eigenvalue weighted by atomic mass is 10.1. The van der Waals surface area contributed by atoms with Crippen molar-refractivity contribution in [2.24, 2.45) is 5.84 Å². The minimum absolute atomic E-state index is 0.203. The number of aromatic nitrogens is 1. The van der Waals surface area contributed by atoms with Gasteiger partial charge in [0.25, 0.3) is 5.91 Å². The van der Waals surface area contributed by atoms with Crippen LogP contribution >= 0.6 is 0 Å². The highest BCUT2D eigenvalue weighted by atomic mass is 16.2. The predicted octanol–water partition coefficient (Wildman–Crippen LogP) is -1.10. The first-order valence-electron chi connectivity index (χ1n) is 5.67. The molecule has 0 bridgehead atoms. The minimum Gasteiger partial charge on any atom is -0.340 e. The van der Waals surface area contributed by atoms with Crippen molar-refractivity contribution in [3.05, 3.63) is 24.0 Å². The number of imide groups is 1. The van der Waals surface area contributed by atoms with Crippen molar-refractivity contribution in [1.29, 1.82) is 0 Å². The molecule has 1 aliphatic heterocycles. The van der Waals surface area contributed by atoms with Crippen LogP contribution in [0.4, 0.5) is 5.69 Å². The van der Waals surface area contributed by atoms with Gasteiger partial charge in [0.1, 0.15) is 6.04 Å². The van der Waals surface area contributed by atoms with Crippen molar-refractivity contribution in [1.82, 2.24) is 15.6 Å². The molecule has 1 aliphatic rings. The fourth-order valence-electron chi connectivity index (χ4n) is 1.77. The Balaban J connectivity index is 2.09. The number of nitrogen functional groups attached to an aromatic ring is 1. The van der Waals surface area contributed by atoms with Crippen molar-refractivity contribution in [2.75, 3.05) is 5.43 Å². The molecule has 2 rings (SSSR count). The van der Waals surface area contributed by atoms with Gasteiger partial charge in [0.05, 0.1) is 17.4 Å². The Kier molecular flexibility index (Phi) is 3.71. The van der Waals surface area contributed by atoms with Crippen LogP contribution in [-0.2, 0) is 9.59 Å². The summed E-state index contributed by atoms with van der Waals surface area (Å²) >= 11 is 0.